The van der Waals surface area contributed by atoms with Gasteiger partial charge >= 0.3 is 0 Å². The van der Waals surface area contributed by atoms with Crippen LogP contribution in [0.4, 0.5) is 0 Å². The molecule has 0 aliphatic carbocycles. The maximum atomic E-state index is 6.10. The van der Waals surface area contributed by atoms with E-state index >= 15 is 0 Å². The molecule has 0 saturated carbocycles. The third kappa shape index (κ3) is 2.23. The number of ether oxygens (including phenoxy) is 2. The minimum absolute atomic E-state index is 0.0682. The van der Waals surface area contributed by atoms with Crippen LogP contribution in [0.2, 0.25) is 0 Å². The fourth-order valence-corrected chi connectivity index (χ4v) is 2.32. The Morgan fingerprint density at radius 3 is 2.75 bits per heavy atom. The predicted octanol–water partition coefficient (Wildman–Crippen LogP) is 3.14. The number of nitrogens with two attached hydrogens (primary N) is 1. The molecule has 0 amide bonds. The van der Waals surface area contributed by atoms with Crippen LogP contribution in [0, 0.1) is 0 Å². The summed E-state index contributed by atoms with van der Waals surface area (Å²) < 4.78 is 11.6. The maximum absolute atomic E-state index is 6.10. The van der Waals surface area contributed by atoms with Crippen molar-refractivity contribution in [3.8, 4) is 11.5 Å². The van der Waals surface area contributed by atoms with E-state index in [-0.39, 0.29) is 12.8 Å². The molecule has 2 N–H and O–H groups in total. The number of hydrogen-bond acceptors (Lipinski definition) is 3. The van der Waals surface area contributed by atoms with Crippen molar-refractivity contribution in [3.05, 3.63) is 34.3 Å². The number of benzene rings is 1. The first-order valence-corrected chi connectivity index (χ1v) is 5.86. The summed E-state index contributed by atoms with van der Waals surface area (Å²) >= 11 is 3.50. The molecule has 86 valence electrons. The molecular weight excluding hydrogens is 270 g/mol. The van der Waals surface area contributed by atoms with Crippen LogP contribution in [0.15, 0.2) is 28.8 Å². The van der Waals surface area contributed by atoms with Gasteiger partial charge in [-0.2, -0.15) is 0 Å². The summed E-state index contributed by atoms with van der Waals surface area (Å²) in [4.78, 5) is 0. The summed E-state index contributed by atoms with van der Waals surface area (Å²) in [5.41, 5.74) is 8.19. The molecular formula is C12H14BrNO2. The van der Waals surface area contributed by atoms with Gasteiger partial charge in [-0.1, -0.05) is 21.5 Å². The Balaban J connectivity index is 2.30. The number of halogens is 1. The lowest BCUT2D eigenvalue weighted by Gasteiger charge is -2.14. The minimum atomic E-state index is -0.0682. The highest BCUT2D eigenvalue weighted by atomic mass is 79.9. The number of rotatable bonds is 3. The van der Waals surface area contributed by atoms with E-state index in [0.717, 1.165) is 33.5 Å². The third-order valence-corrected chi connectivity index (χ3v) is 3.15. The first-order chi connectivity index (χ1) is 7.58. The summed E-state index contributed by atoms with van der Waals surface area (Å²) in [6.07, 6.45) is 0.762. The molecule has 16 heavy (non-hydrogen) atoms. The Kier molecular flexibility index (Phi) is 3.21. The Labute approximate surface area is 103 Å². The summed E-state index contributed by atoms with van der Waals surface area (Å²) in [6, 6.07) is 3.76. The van der Waals surface area contributed by atoms with Crippen LogP contribution in [0.25, 0.3) is 0 Å². The molecule has 0 aromatic heterocycles. The van der Waals surface area contributed by atoms with E-state index in [1.807, 2.05) is 19.1 Å². The van der Waals surface area contributed by atoms with Gasteiger partial charge in [0.1, 0.15) is 0 Å². The molecule has 2 rings (SSSR count). The van der Waals surface area contributed by atoms with Crippen molar-refractivity contribution in [3.63, 3.8) is 0 Å². The smallest absolute Gasteiger partial charge is 0.231 e. The molecule has 0 radical (unpaired) electrons. The van der Waals surface area contributed by atoms with E-state index in [2.05, 4.69) is 22.5 Å². The quantitative estimate of drug-likeness (QED) is 0.867. The first kappa shape index (κ1) is 11.5. The molecule has 1 aliphatic heterocycles. The van der Waals surface area contributed by atoms with E-state index in [1.54, 1.807) is 0 Å². The average molecular weight is 284 g/mol. The van der Waals surface area contributed by atoms with Crippen molar-refractivity contribution in [1.29, 1.82) is 0 Å². The maximum Gasteiger partial charge on any atom is 0.231 e. The van der Waals surface area contributed by atoms with Crippen LogP contribution >= 0.6 is 15.9 Å². The van der Waals surface area contributed by atoms with Crippen LogP contribution in [0.5, 0.6) is 11.5 Å². The van der Waals surface area contributed by atoms with Gasteiger partial charge in [-0.15, -0.1) is 6.58 Å². The molecule has 0 unspecified atom stereocenters. The Hall–Kier alpha value is -1.00. The zero-order chi connectivity index (χ0) is 11.7. The molecule has 1 atom stereocenters. The molecule has 3 nitrogen and oxygen atoms in total. The molecule has 1 aromatic carbocycles. The van der Waals surface area contributed by atoms with Crippen molar-refractivity contribution >= 4 is 15.9 Å². The summed E-state index contributed by atoms with van der Waals surface area (Å²) in [6.45, 7) is 6.12. The summed E-state index contributed by atoms with van der Waals surface area (Å²) in [5.74, 6) is 1.52. The van der Waals surface area contributed by atoms with Gasteiger partial charge < -0.3 is 15.2 Å². The monoisotopic (exact) mass is 283 g/mol. The van der Waals surface area contributed by atoms with E-state index in [1.165, 1.54) is 0 Å². The highest BCUT2D eigenvalue weighted by molar-refractivity contribution is 9.10. The summed E-state index contributed by atoms with van der Waals surface area (Å²) in [7, 11) is 0. The molecule has 0 bridgehead atoms. The molecule has 0 saturated heterocycles. The number of hydrogen-bond donors (Lipinski definition) is 1. The zero-order valence-corrected chi connectivity index (χ0v) is 10.7. The first-order valence-electron chi connectivity index (χ1n) is 5.07. The molecule has 0 fully saturated rings. The van der Waals surface area contributed by atoms with E-state index in [0.29, 0.717) is 0 Å². The molecule has 4 heteroatoms. The minimum Gasteiger partial charge on any atom is -0.454 e. The van der Waals surface area contributed by atoms with Gasteiger partial charge in [0.2, 0.25) is 6.79 Å². The lowest BCUT2D eigenvalue weighted by Crippen LogP contribution is -2.11. The largest absolute Gasteiger partial charge is 0.454 e. The lowest BCUT2D eigenvalue weighted by atomic mass is 10.0. The van der Waals surface area contributed by atoms with Gasteiger partial charge in [0.15, 0.2) is 11.5 Å². The second-order valence-electron chi connectivity index (χ2n) is 3.99. The van der Waals surface area contributed by atoms with Crippen molar-refractivity contribution in [2.45, 2.75) is 19.4 Å². The zero-order valence-electron chi connectivity index (χ0n) is 9.13. The Morgan fingerprint density at radius 1 is 1.50 bits per heavy atom. The van der Waals surface area contributed by atoms with E-state index in [9.17, 15) is 0 Å². The molecule has 1 aromatic rings. The van der Waals surface area contributed by atoms with Crippen LogP contribution in [0.1, 0.15) is 24.9 Å². The third-order valence-electron chi connectivity index (χ3n) is 2.46. The van der Waals surface area contributed by atoms with Crippen molar-refractivity contribution in [1.82, 2.24) is 0 Å². The fourth-order valence-electron chi connectivity index (χ4n) is 1.70. The van der Waals surface area contributed by atoms with Gasteiger partial charge in [-0.25, -0.2) is 0 Å². The van der Waals surface area contributed by atoms with Crippen LogP contribution < -0.4 is 15.2 Å². The Morgan fingerprint density at radius 2 is 2.12 bits per heavy atom. The highest BCUT2D eigenvalue weighted by Gasteiger charge is 2.19. The fraction of sp³-hybridized carbons (Fsp3) is 0.333. The standard InChI is InChI=1S/C12H14BrNO2/c1-7(2)3-10(14)8-4-11-12(5-9(8)13)16-6-15-11/h4-5,10H,1,3,6,14H2,2H3/t10-/m0/s1. The van der Waals surface area contributed by atoms with E-state index in [4.69, 9.17) is 15.2 Å². The van der Waals surface area contributed by atoms with Gasteiger partial charge in [0, 0.05) is 10.5 Å². The van der Waals surface area contributed by atoms with Crippen molar-refractivity contribution < 1.29 is 9.47 Å². The Bertz CT molecular complexity index is 431. The number of fused-ring (bicyclic) bond motifs is 1. The van der Waals surface area contributed by atoms with Gasteiger partial charge in [0.25, 0.3) is 0 Å². The SMILES string of the molecule is C=C(C)C[C@H](N)c1cc2c(cc1Br)OCO2. The molecule has 1 aliphatic rings. The average Bonchev–Trinajstić information content (AvgIpc) is 2.61. The van der Waals surface area contributed by atoms with Crippen LogP contribution in [-0.4, -0.2) is 6.79 Å². The van der Waals surface area contributed by atoms with Crippen LogP contribution in [-0.2, 0) is 0 Å². The highest BCUT2D eigenvalue weighted by Crippen LogP contribution is 2.39. The van der Waals surface area contributed by atoms with Crippen molar-refractivity contribution in [2.24, 2.45) is 5.73 Å². The van der Waals surface area contributed by atoms with E-state index < -0.39 is 0 Å². The second kappa shape index (κ2) is 4.47. The summed E-state index contributed by atoms with van der Waals surface area (Å²) in [5, 5.41) is 0. The van der Waals surface area contributed by atoms with Crippen molar-refractivity contribution in [2.75, 3.05) is 6.79 Å². The van der Waals surface area contributed by atoms with Crippen LogP contribution in [0.3, 0.4) is 0 Å². The molecule has 0 spiro atoms. The predicted molar refractivity (Wildman–Crippen MR) is 66.6 cm³/mol. The van der Waals surface area contributed by atoms with Gasteiger partial charge in [-0.05, 0) is 31.0 Å². The molecule has 1 heterocycles. The second-order valence-corrected chi connectivity index (χ2v) is 4.85. The normalized spacial score (nSPS) is 14.9. The van der Waals surface area contributed by atoms with Gasteiger partial charge in [-0.3, -0.25) is 0 Å². The topological polar surface area (TPSA) is 44.5 Å². The lowest BCUT2D eigenvalue weighted by molar-refractivity contribution is 0.174. The van der Waals surface area contributed by atoms with Gasteiger partial charge in [0.05, 0.1) is 0 Å².